The zero-order valence-electron chi connectivity index (χ0n) is 11.3. The smallest absolute Gasteiger partial charge is 0.231 e. The molecule has 1 N–H and O–H groups in total. The van der Waals surface area contributed by atoms with Crippen molar-refractivity contribution in [3.05, 3.63) is 17.7 Å². The summed E-state index contributed by atoms with van der Waals surface area (Å²) in [5.41, 5.74) is 2.20. The van der Waals surface area contributed by atoms with E-state index in [9.17, 15) is 4.79 Å². The molecule has 1 atom stereocenters. The minimum absolute atomic E-state index is 0.0253. The van der Waals surface area contributed by atoms with Crippen molar-refractivity contribution in [3.8, 4) is 0 Å². The maximum atomic E-state index is 12.6. The Morgan fingerprint density at radius 1 is 1.21 bits per heavy atom. The number of rotatable bonds is 2. The first-order valence-electron chi connectivity index (χ1n) is 7.64. The Labute approximate surface area is 113 Å². The Morgan fingerprint density at radius 3 is 2.79 bits per heavy atom. The molecule has 2 fully saturated rings. The quantitative estimate of drug-likeness (QED) is 0.884. The van der Waals surface area contributed by atoms with Crippen molar-refractivity contribution in [1.82, 2.24) is 14.9 Å². The normalized spacial score (nSPS) is 27.6. The van der Waals surface area contributed by atoms with Crippen LogP contribution in [0, 0.1) is 11.8 Å². The van der Waals surface area contributed by atoms with E-state index < -0.39 is 0 Å². The largest absolute Gasteiger partial charge is 0.348 e. The highest BCUT2D eigenvalue weighted by atomic mass is 16.2. The van der Waals surface area contributed by atoms with Gasteiger partial charge in [0.1, 0.15) is 0 Å². The van der Waals surface area contributed by atoms with Crippen LogP contribution < -0.4 is 0 Å². The predicted octanol–water partition coefficient (Wildman–Crippen LogP) is 2.09. The van der Waals surface area contributed by atoms with Crippen LogP contribution in [0.2, 0.25) is 0 Å². The molecule has 3 aliphatic rings. The van der Waals surface area contributed by atoms with Gasteiger partial charge in [0.05, 0.1) is 17.9 Å². The Morgan fingerprint density at radius 2 is 2.05 bits per heavy atom. The topological polar surface area (TPSA) is 49.0 Å². The molecule has 4 nitrogen and oxygen atoms in total. The lowest BCUT2D eigenvalue weighted by atomic mass is 9.72. The van der Waals surface area contributed by atoms with E-state index in [2.05, 4.69) is 14.9 Å². The minimum atomic E-state index is 0.0253. The van der Waals surface area contributed by atoms with Gasteiger partial charge in [-0.05, 0) is 31.1 Å². The number of hydrogen-bond donors (Lipinski definition) is 1. The van der Waals surface area contributed by atoms with E-state index in [0.29, 0.717) is 5.91 Å². The third-order valence-electron chi connectivity index (χ3n) is 5.34. The molecule has 0 spiro atoms. The Hall–Kier alpha value is -1.32. The maximum Gasteiger partial charge on any atom is 0.231 e. The van der Waals surface area contributed by atoms with Crippen molar-refractivity contribution >= 4 is 5.91 Å². The predicted molar refractivity (Wildman–Crippen MR) is 71.7 cm³/mol. The average Bonchev–Trinajstić information content (AvgIpc) is 2.77. The number of imidazole rings is 1. The molecule has 4 rings (SSSR count). The number of H-pyrrole nitrogens is 1. The van der Waals surface area contributed by atoms with Crippen molar-refractivity contribution in [2.75, 3.05) is 13.1 Å². The van der Waals surface area contributed by atoms with Gasteiger partial charge in [-0.1, -0.05) is 19.3 Å². The monoisotopic (exact) mass is 259 g/mol. The van der Waals surface area contributed by atoms with Gasteiger partial charge in [0.25, 0.3) is 0 Å². The second-order valence-corrected chi connectivity index (χ2v) is 6.41. The van der Waals surface area contributed by atoms with E-state index in [4.69, 9.17) is 0 Å². The number of nitrogens with one attached hydrogen (secondary N) is 1. The average molecular weight is 259 g/mol. The molecule has 1 saturated heterocycles. The molecule has 1 aromatic heterocycles. The molecule has 1 saturated carbocycles. The molecule has 4 heteroatoms. The van der Waals surface area contributed by atoms with Crippen molar-refractivity contribution in [2.24, 2.45) is 11.8 Å². The highest BCUT2D eigenvalue weighted by Crippen LogP contribution is 2.40. The minimum Gasteiger partial charge on any atom is -0.348 e. The summed E-state index contributed by atoms with van der Waals surface area (Å²) in [5, 5.41) is 0. The van der Waals surface area contributed by atoms with Crippen molar-refractivity contribution in [2.45, 2.75) is 44.4 Å². The second kappa shape index (κ2) is 4.36. The lowest BCUT2D eigenvalue weighted by Gasteiger charge is -2.47. The summed E-state index contributed by atoms with van der Waals surface area (Å²) in [4.78, 5) is 22.2. The zero-order chi connectivity index (χ0) is 12.8. The Bertz CT molecular complexity index is 485. The number of fused-ring (bicyclic) bond motifs is 1. The molecule has 1 aromatic rings. The number of aromatic amines is 1. The van der Waals surface area contributed by atoms with Crippen LogP contribution in [0.5, 0.6) is 0 Å². The van der Waals surface area contributed by atoms with Gasteiger partial charge in [-0.15, -0.1) is 0 Å². The summed E-state index contributed by atoms with van der Waals surface area (Å²) < 4.78 is 0. The van der Waals surface area contributed by atoms with E-state index in [1.165, 1.54) is 25.0 Å². The van der Waals surface area contributed by atoms with Crippen LogP contribution in [-0.2, 0) is 11.2 Å². The second-order valence-electron chi connectivity index (χ2n) is 6.41. The molecule has 1 aliphatic heterocycles. The van der Waals surface area contributed by atoms with Crippen LogP contribution >= 0.6 is 0 Å². The third kappa shape index (κ3) is 1.80. The molecule has 1 unspecified atom stereocenters. The van der Waals surface area contributed by atoms with Crippen molar-refractivity contribution < 1.29 is 4.79 Å². The van der Waals surface area contributed by atoms with Crippen LogP contribution in [-0.4, -0.2) is 33.9 Å². The highest BCUT2D eigenvalue weighted by molar-refractivity contribution is 5.84. The summed E-state index contributed by atoms with van der Waals surface area (Å²) in [5.74, 6) is 2.05. The molecule has 0 aromatic carbocycles. The van der Waals surface area contributed by atoms with Gasteiger partial charge in [0.15, 0.2) is 0 Å². The fourth-order valence-electron chi connectivity index (χ4n) is 3.81. The molecule has 2 heterocycles. The number of hydrogen-bond acceptors (Lipinski definition) is 2. The highest BCUT2D eigenvalue weighted by Gasteiger charge is 2.41. The van der Waals surface area contributed by atoms with Gasteiger partial charge in [0, 0.05) is 18.8 Å². The molecule has 19 heavy (non-hydrogen) atoms. The first-order chi connectivity index (χ1) is 9.33. The number of likely N-dealkylation sites (tertiary alicyclic amines) is 1. The van der Waals surface area contributed by atoms with E-state index >= 15 is 0 Å². The van der Waals surface area contributed by atoms with Crippen LogP contribution in [0.4, 0.5) is 0 Å². The van der Waals surface area contributed by atoms with Crippen LogP contribution in [0.1, 0.15) is 49.4 Å². The van der Waals surface area contributed by atoms with E-state index in [0.717, 1.165) is 49.9 Å². The number of nitrogens with zero attached hydrogens (tertiary/aromatic N) is 2. The number of amides is 1. The van der Waals surface area contributed by atoms with E-state index in [1.807, 2.05) is 0 Å². The van der Waals surface area contributed by atoms with Gasteiger partial charge < -0.3 is 9.88 Å². The SMILES string of the molecule is O=C(C1CCCc2[nH]cnc21)N1CC(C2CCC2)C1. The molecule has 0 radical (unpaired) electrons. The molecule has 1 amide bonds. The lowest BCUT2D eigenvalue weighted by Crippen LogP contribution is -2.55. The first-order valence-corrected chi connectivity index (χ1v) is 7.64. The summed E-state index contributed by atoms with van der Waals surface area (Å²) in [7, 11) is 0. The Kier molecular flexibility index (Phi) is 2.64. The van der Waals surface area contributed by atoms with Crippen molar-refractivity contribution in [3.63, 3.8) is 0 Å². The fraction of sp³-hybridized carbons (Fsp3) is 0.733. The maximum absolute atomic E-state index is 12.6. The molecular weight excluding hydrogens is 238 g/mol. The van der Waals surface area contributed by atoms with E-state index in [-0.39, 0.29) is 5.92 Å². The standard InChI is InChI=1S/C15H21N3O/c19-15(18-7-11(8-18)10-3-1-4-10)12-5-2-6-13-14(12)17-9-16-13/h9-12H,1-8H2,(H,16,17). The Balaban J connectivity index is 1.42. The number of carbonyl (C=O) groups is 1. The molecule has 2 aliphatic carbocycles. The fourth-order valence-corrected chi connectivity index (χ4v) is 3.81. The molecular formula is C15H21N3O. The summed E-state index contributed by atoms with van der Waals surface area (Å²) in [6.07, 6.45) is 9.04. The van der Waals surface area contributed by atoms with Gasteiger partial charge in [-0.2, -0.15) is 0 Å². The van der Waals surface area contributed by atoms with Gasteiger partial charge in [0.2, 0.25) is 5.91 Å². The van der Waals surface area contributed by atoms with Gasteiger partial charge in [-0.3, -0.25) is 4.79 Å². The van der Waals surface area contributed by atoms with Crippen molar-refractivity contribution in [1.29, 1.82) is 0 Å². The number of aromatic nitrogens is 2. The van der Waals surface area contributed by atoms with Gasteiger partial charge >= 0.3 is 0 Å². The molecule has 102 valence electrons. The van der Waals surface area contributed by atoms with Crippen LogP contribution in [0.25, 0.3) is 0 Å². The molecule has 0 bridgehead atoms. The summed E-state index contributed by atoms with van der Waals surface area (Å²) in [6, 6.07) is 0. The number of aryl methyl sites for hydroxylation is 1. The summed E-state index contributed by atoms with van der Waals surface area (Å²) >= 11 is 0. The number of carbonyl (C=O) groups excluding carboxylic acids is 1. The van der Waals surface area contributed by atoms with Gasteiger partial charge in [-0.25, -0.2) is 4.98 Å². The van der Waals surface area contributed by atoms with Crippen LogP contribution in [0.3, 0.4) is 0 Å². The third-order valence-corrected chi connectivity index (χ3v) is 5.34. The van der Waals surface area contributed by atoms with Crippen LogP contribution in [0.15, 0.2) is 6.33 Å². The zero-order valence-corrected chi connectivity index (χ0v) is 11.3. The lowest BCUT2D eigenvalue weighted by molar-refractivity contribution is -0.142. The summed E-state index contributed by atoms with van der Waals surface area (Å²) in [6.45, 7) is 2.00. The first kappa shape index (κ1) is 11.5. The van der Waals surface area contributed by atoms with E-state index in [1.54, 1.807) is 6.33 Å².